The fourth-order valence-corrected chi connectivity index (χ4v) is 2.74. The number of hydrogen-bond donors (Lipinski definition) is 2. The largest absolute Gasteiger partial charge is 0.495 e. The molecule has 1 fully saturated rings. The quantitative estimate of drug-likeness (QED) is 0.791. The number of anilines is 1. The molecule has 0 aromatic heterocycles. The SMILES string of the molecule is COc1ccc(Oc2ccc(C(F)F)cc2)cc1NC(=O)C1CNC(=O)N1C. The van der Waals surface area contributed by atoms with Gasteiger partial charge in [-0.2, -0.15) is 0 Å². The number of halogens is 2. The van der Waals surface area contributed by atoms with E-state index in [0.29, 0.717) is 22.9 Å². The first-order valence-electron chi connectivity index (χ1n) is 8.44. The Morgan fingerprint density at radius 1 is 1.21 bits per heavy atom. The van der Waals surface area contributed by atoms with Crippen molar-refractivity contribution in [3.05, 3.63) is 48.0 Å². The second-order valence-electron chi connectivity index (χ2n) is 6.14. The van der Waals surface area contributed by atoms with E-state index in [4.69, 9.17) is 9.47 Å². The van der Waals surface area contributed by atoms with Crippen molar-refractivity contribution in [3.8, 4) is 17.2 Å². The highest BCUT2D eigenvalue weighted by Crippen LogP contribution is 2.32. The molecule has 0 aliphatic carbocycles. The number of urea groups is 1. The first-order chi connectivity index (χ1) is 13.4. The standard InChI is InChI=1S/C19H19F2N3O4/c1-24-15(10-22-19(24)26)18(25)23-14-9-13(7-8-16(14)27-2)28-12-5-3-11(4-6-12)17(20)21/h3-9,15,17H,10H2,1-2H3,(H,22,26)(H,23,25). The molecule has 2 N–H and O–H groups in total. The highest BCUT2D eigenvalue weighted by molar-refractivity contribution is 5.99. The van der Waals surface area contributed by atoms with Crippen LogP contribution in [0, 0.1) is 0 Å². The number of ether oxygens (including phenoxy) is 2. The van der Waals surface area contributed by atoms with Crippen molar-refractivity contribution in [1.82, 2.24) is 10.2 Å². The van der Waals surface area contributed by atoms with Crippen LogP contribution < -0.4 is 20.1 Å². The minimum absolute atomic E-state index is 0.0983. The van der Waals surface area contributed by atoms with Crippen LogP contribution in [0.4, 0.5) is 19.3 Å². The van der Waals surface area contributed by atoms with Crippen molar-refractivity contribution in [2.75, 3.05) is 26.0 Å². The molecule has 0 radical (unpaired) electrons. The molecule has 1 atom stereocenters. The second-order valence-corrected chi connectivity index (χ2v) is 6.14. The van der Waals surface area contributed by atoms with Crippen molar-refractivity contribution >= 4 is 17.6 Å². The summed E-state index contributed by atoms with van der Waals surface area (Å²) in [6, 6.07) is 9.27. The van der Waals surface area contributed by atoms with Gasteiger partial charge in [0.25, 0.3) is 6.43 Å². The molecule has 148 valence electrons. The molecule has 1 heterocycles. The highest BCUT2D eigenvalue weighted by atomic mass is 19.3. The van der Waals surface area contributed by atoms with E-state index in [1.165, 1.54) is 43.3 Å². The van der Waals surface area contributed by atoms with Gasteiger partial charge in [0, 0.05) is 25.2 Å². The van der Waals surface area contributed by atoms with Crippen LogP contribution in [-0.4, -0.2) is 43.6 Å². The van der Waals surface area contributed by atoms with Crippen LogP contribution in [0.5, 0.6) is 17.2 Å². The van der Waals surface area contributed by atoms with Gasteiger partial charge < -0.3 is 25.0 Å². The number of carbonyl (C=O) groups excluding carboxylic acids is 2. The second kappa shape index (κ2) is 8.12. The number of likely N-dealkylation sites (N-methyl/N-ethyl adjacent to an activating group) is 1. The molecule has 1 aliphatic rings. The Bertz CT molecular complexity index is 874. The zero-order chi connectivity index (χ0) is 20.3. The normalized spacial score (nSPS) is 16.1. The summed E-state index contributed by atoms with van der Waals surface area (Å²) < 4.78 is 36.2. The number of benzene rings is 2. The molecular formula is C19H19F2N3O4. The summed E-state index contributed by atoms with van der Waals surface area (Å²) in [5, 5.41) is 5.32. The van der Waals surface area contributed by atoms with E-state index in [2.05, 4.69) is 10.6 Å². The van der Waals surface area contributed by atoms with Gasteiger partial charge in [-0.25, -0.2) is 13.6 Å². The molecule has 9 heteroatoms. The van der Waals surface area contributed by atoms with Crippen LogP contribution in [0.1, 0.15) is 12.0 Å². The van der Waals surface area contributed by atoms with Gasteiger partial charge in [-0.1, -0.05) is 0 Å². The molecule has 1 saturated heterocycles. The fraction of sp³-hybridized carbons (Fsp3) is 0.263. The van der Waals surface area contributed by atoms with Crippen LogP contribution >= 0.6 is 0 Å². The summed E-state index contributed by atoms with van der Waals surface area (Å²) in [4.78, 5) is 25.3. The lowest BCUT2D eigenvalue weighted by Crippen LogP contribution is -2.40. The number of hydrogen-bond acceptors (Lipinski definition) is 4. The monoisotopic (exact) mass is 391 g/mol. The lowest BCUT2D eigenvalue weighted by molar-refractivity contribution is -0.119. The summed E-state index contributed by atoms with van der Waals surface area (Å²) in [7, 11) is 2.99. The maximum Gasteiger partial charge on any atom is 0.317 e. The van der Waals surface area contributed by atoms with Gasteiger partial charge in [0.1, 0.15) is 23.3 Å². The van der Waals surface area contributed by atoms with E-state index >= 15 is 0 Å². The van der Waals surface area contributed by atoms with Gasteiger partial charge in [0.05, 0.1) is 12.8 Å². The van der Waals surface area contributed by atoms with Gasteiger partial charge >= 0.3 is 6.03 Å². The highest BCUT2D eigenvalue weighted by Gasteiger charge is 2.33. The van der Waals surface area contributed by atoms with Crippen molar-refractivity contribution < 1.29 is 27.8 Å². The van der Waals surface area contributed by atoms with Crippen LogP contribution in [0.15, 0.2) is 42.5 Å². The molecule has 3 rings (SSSR count). The first kappa shape index (κ1) is 19.4. The summed E-state index contributed by atoms with van der Waals surface area (Å²) >= 11 is 0. The Kier molecular flexibility index (Phi) is 5.62. The number of nitrogens with zero attached hydrogens (tertiary/aromatic N) is 1. The van der Waals surface area contributed by atoms with Gasteiger partial charge in [0.2, 0.25) is 5.91 Å². The average molecular weight is 391 g/mol. The molecule has 1 unspecified atom stereocenters. The van der Waals surface area contributed by atoms with E-state index in [9.17, 15) is 18.4 Å². The number of amides is 3. The molecule has 3 amide bonds. The maximum atomic E-state index is 12.6. The van der Waals surface area contributed by atoms with Gasteiger partial charge in [0.15, 0.2) is 0 Å². The first-order valence-corrected chi connectivity index (χ1v) is 8.44. The summed E-state index contributed by atoms with van der Waals surface area (Å²) in [5.41, 5.74) is 0.265. The minimum Gasteiger partial charge on any atom is -0.495 e. The maximum absolute atomic E-state index is 12.6. The van der Waals surface area contributed by atoms with E-state index < -0.39 is 12.5 Å². The van der Waals surface area contributed by atoms with Crippen molar-refractivity contribution in [2.24, 2.45) is 0 Å². The van der Waals surface area contributed by atoms with Crippen LogP contribution in [0.2, 0.25) is 0 Å². The number of nitrogens with one attached hydrogen (secondary N) is 2. The molecule has 2 aromatic carbocycles. The Balaban J connectivity index is 1.76. The number of rotatable bonds is 6. The van der Waals surface area contributed by atoms with Crippen LogP contribution in [-0.2, 0) is 4.79 Å². The number of carbonyl (C=O) groups is 2. The summed E-state index contributed by atoms with van der Waals surface area (Å²) in [5.74, 6) is 0.790. The molecular weight excluding hydrogens is 372 g/mol. The van der Waals surface area contributed by atoms with Crippen LogP contribution in [0.3, 0.4) is 0 Å². The van der Waals surface area contributed by atoms with E-state index in [1.54, 1.807) is 18.2 Å². The number of alkyl halides is 2. The molecule has 0 bridgehead atoms. The molecule has 1 aliphatic heterocycles. The Labute approximate surface area is 160 Å². The van der Waals surface area contributed by atoms with E-state index in [0.717, 1.165) is 0 Å². The van der Waals surface area contributed by atoms with E-state index in [1.807, 2.05) is 0 Å². The molecule has 28 heavy (non-hydrogen) atoms. The Morgan fingerprint density at radius 3 is 2.46 bits per heavy atom. The molecule has 2 aromatic rings. The van der Waals surface area contributed by atoms with Crippen molar-refractivity contribution in [3.63, 3.8) is 0 Å². The topological polar surface area (TPSA) is 79.9 Å². The van der Waals surface area contributed by atoms with Gasteiger partial charge in [-0.3, -0.25) is 4.79 Å². The summed E-state index contributed by atoms with van der Waals surface area (Å²) in [6.45, 7) is 0.205. The molecule has 7 nitrogen and oxygen atoms in total. The van der Waals surface area contributed by atoms with Gasteiger partial charge in [-0.05, 0) is 36.4 Å². The predicted molar refractivity (Wildman–Crippen MR) is 98.0 cm³/mol. The fourth-order valence-electron chi connectivity index (χ4n) is 2.74. The zero-order valence-electron chi connectivity index (χ0n) is 15.2. The van der Waals surface area contributed by atoms with Gasteiger partial charge in [-0.15, -0.1) is 0 Å². The molecule has 0 spiro atoms. The predicted octanol–water partition coefficient (Wildman–Crippen LogP) is 3.39. The minimum atomic E-state index is -2.55. The Hall–Kier alpha value is -3.36. The van der Waals surface area contributed by atoms with Crippen molar-refractivity contribution in [1.29, 1.82) is 0 Å². The lowest BCUT2D eigenvalue weighted by Gasteiger charge is -2.19. The zero-order valence-corrected chi connectivity index (χ0v) is 15.2. The molecule has 0 saturated carbocycles. The lowest BCUT2D eigenvalue weighted by atomic mass is 10.2. The van der Waals surface area contributed by atoms with E-state index in [-0.39, 0.29) is 24.0 Å². The third-order valence-corrected chi connectivity index (χ3v) is 4.33. The third-order valence-electron chi connectivity index (χ3n) is 4.33. The average Bonchev–Trinajstić information content (AvgIpc) is 3.01. The smallest absolute Gasteiger partial charge is 0.317 e. The van der Waals surface area contributed by atoms with Crippen LogP contribution in [0.25, 0.3) is 0 Å². The Morgan fingerprint density at radius 2 is 1.89 bits per heavy atom. The third kappa shape index (κ3) is 4.13. The summed E-state index contributed by atoms with van der Waals surface area (Å²) in [6.07, 6.45) is -2.55. The number of methoxy groups -OCH3 is 1. The van der Waals surface area contributed by atoms with Crippen molar-refractivity contribution in [2.45, 2.75) is 12.5 Å².